The lowest BCUT2D eigenvalue weighted by atomic mass is 9.85. The van der Waals surface area contributed by atoms with Gasteiger partial charge in [0.1, 0.15) is 0 Å². The summed E-state index contributed by atoms with van der Waals surface area (Å²) in [4.78, 5) is 7.82. The lowest BCUT2D eigenvalue weighted by molar-refractivity contribution is 1.25. The average molecular weight is 1050 g/mol. The van der Waals surface area contributed by atoms with Crippen LogP contribution in [0.15, 0.2) is 363 Å². The van der Waals surface area contributed by atoms with Crippen molar-refractivity contribution in [2.75, 3.05) is 0 Å². The first-order valence-corrected chi connectivity index (χ1v) is 29.4. The molecule has 14 aromatic rings. The lowest BCUT2D eigenvalue weighted by Gasteiger charge is -2.42. The Hall–Kier alpha value is -9.18. The van der Waals surface area contributed by atoms with E-state index in [1.165, 1.54) is 111 Å². The smallest absolute Gasteiger partial charge is 0.0122 e. The maximum Gasteiger partial charge on any atom is 0.0122 e. The fourth-order valence-corrected chi connectivity index (χ4v) is 15.6. The van der Waals surface area contributed by atoms with E-state index in [-0.39, 0.29) is 0 Å². The third-order valence-electron chi connectivity index (χ3n) is 14.6. The van der Waals surface area contributed by atoms with E-state index in [1.54, 1.807) is 11.8 Å². The van der Waals surface area contributed by atoms with Gasteiger partial charge in [-0.15, -0.1) is 10.0 Å². The molecule has 14 rings (SSSR count). The zero-order valence-corrected chi connectivity index (χ0v) is 45.7. The van der Waals surface area contributed by atoms with Gasteiger partial charge in [0.05, 0.1) is 0 Å². The van der Waals surface area contributed by atoms with Crippen LogP contribution in [0.25, 0.3) is 76.5 Å². The standard InChI is InChI=1S/C58H40S.C12H10S.C7H8/c1-4-23-49(24-5-1)59(50-25-6-2-7-26-50,51-27-8-3-9-28-51)52-35-36-55-56(40-52)58(48-34-32-42-18-11-13-20-44(42)38-48)54-30-15-14-29-53(54)57(55)47-22-16-21-45(39-47)46-33-31-41-17-10-12-19-43(41)37-46;1-3-7-11(8-4-1)13-12-9-5-2-6-10-12;1-7-5-3-2-4-6-7/h1-40H;1-10H;2-6H,1H3. The normalized spacial score (nSPS) is 11.4. The summed E-state index contributed by atoms with van der Waals surface area (Å²) in [5.41, 5.74) is 8.70. The van der Waals surface area contributed by atoms with Crippen LogP contribution < -0.4 is 0 Å². The average Bonchev–Trinajstić information content (AvgIpc) is 3.46. The molecule has 0 aliphatic rings. The minimum atomic E-state index is -1.93. The van der Waals surface area contributed by atoms with Gasteiger partial charge >= 0.3 is 0 Å². The minimum Gasteiger partial charge on any atom is -0.133 e. The molecule has 0 aromatic heterocycles. The Labute approximate surface area is 470 Å². The van der Waals surface area contributed by atoms with Gasteiger partial charge in [-0.3, -0.25) is 0 Å². The fourth-order valence-electron chi connectivity index (χ4n) is 10.9. The van der Waals surface area contributed by atoms with E-state index in [4.69, 9.17) is 0 Å². The van der Waals surface area contributed by atoms with Gasteiger partial charge in [-0.2, -0.15) is 0 Å². The summed E-state index contributed by atoms with van der Waals surface area (Å²) in [5, 5.41) is 9.98. The van der Waals surface area contributed by atoms with Crippen molar-refractivity contribution in [1.29, 1.82) is 0 Å². The molecule has 79 heavy (non-hydrogen) atoms. The predicted molar refractivity (Wildman–Crippen MR) is 341 cm³/mol. The SMILES string of the molecule is Cc1ccccc1.c1ccc(S(c2ccccc2)(c2ccccc2)c2ccc3c(-c4cccc(-c5ccc6ccccc6c5)c4)c4ccccc4c(-c4ccc5ccccc5c4)c3c2)cc1.c1ccc(Sc2ccccc2)cc1. The van der Waals surface area contributed by atoms with Gasteiger partial charge < -0.3 is 0 Å². The monoisotopic (exact) mass is 1050 g/mol. The number of hydrogen-bond acceptors (Lipinski definition) is 1. The maximum atomic E-state index is 2.55. The molecule has 0 nitrogen and oxygen atoms in total. The molecule has 0 heterocycles. The summed E-state index contributed by atoms with van der Waals surface area (Å²) in [5.74, 6) is 0. The number of fused-ring (bicyclic) bond motifs is 4. The summed E-state index contributed by atoms with van der Waals surface area (Å²) in [6, 6.07) is 121. The number of rotatable bonds is 9. The van der Waals surface area contributed by atoms with Crippen molar-refractivity contribution in [3.05, 3.63) is 339 Å². The van der Waals surface area contributed by atoms with Crippen molar-refractivity contribution >= 4 is 64.9 Å². The molecular weight excluding hydrogens is 989 g/mol. The lowest BCUT2D eigenvalue weighted by Crippen LogP contribution is -2.05. The van der Waals surface area contributed by atoms with E-state index < -0.39 is 10.0 Å². The van der Waals surface area contributed by atoms with E-state index in [1.807, 2.05) is 30.3 Å². The topological polar surface area (TPSA) is 0 Å². The second-order valence-electron chi connectivity index (χ2n) is 19.6. The molecule has 0 fully saturated rings. The molecule has 0 unspecified atom stereocenters. The van der Waals surface area contributed by atoms with Crippen LogP contribution >= 0.6 is 21.8 Å². The van der Waals surface area contributed by atoms with E-state index in [2.05, 4.69) is 310 Å². The molecule has 0 atom stereocenters. The summed E-state index contributed by atoms with van der Waals surface area (Å²) in [6.07, 6.45) is 0. The van der Waals surface area contributed by atoms with Crippen molar-refractivity contribution in [2.24, 2.45) is 0 Å². The van der Waals surface area contributed by atoms with Crippen LogP contribution in [0.4, 0.5) is 0 Å². The van der Waals surface area contributed by atoms with Crippen LogP contribution in [-0.2, 0) is 0 Å². The molecule has 0 saturated heterocycles. The Morgan fingerprint density at radius 2 is 0.595 bits per heavy atom. The van der Waals surface area contributed by atoms with E-state index >= 15 is 0 Å². The van der Waals surface area contributed by atoms with Crippen molar-refractivity contribution in [3.63, 3.8) is 0 Å². The first kappa shape index (κ1) is 50.6. The van der Waals surface area contributed by atoms with Crippen molar-refractivity contribution in [3.8, 4) is 33.4 Å². The fraction of sp³-hybridized carbons (Fsp3) is 0.0130. The summed E-state index contributed by atoms with van der Waals surface area (Å²) >= 11 is 1.79. The third kappa shape index (κ3) is 10.8. The van der Waals surface area contributed by atoms with Crippen LogP contribution in [0.5, 0.6) is 0 Å². The number of benzene rings is 14. The highest BCUT2D eigenvalue weighted by Crippen LogP contribution is 2.73. The molecule has 0 N–H and O–H groups in total. The van der Waals surface area contributed by atoms with Crippen LogP contribution in [0.3, 0.4) is 0 Å². The van der Waals surface area contributed by atoms with Crippen LogP contribution in [0.2, 0.25) is 0 Å². The number of hydrogen-bond donors (Lipinski definition) is 0. The molecule has 0 saturated carbocycles. The summed E-state index contributed by atoms with van der Waals surface area (Å²) in [6.45, 7) is 2.08. The first-order valence-electron chi connectivity index (χ1n) is 27.0. The molecule has 0 aliphatic heterocycles. The van der Waals surface area contributed by atoms with Gasteiger partial charge in [0.25, 0.3) is 0 Å². The zero-order chi connectivity index (χ0) is 53.2. The second kappa shape index (κ2) is 23.6. The molecular formula is C77H58S2. The molecule has 0 aliphatic carbocycles. The third-order valence-corrected chi connectivity index (χ3v) is 19.5. The van der Waals surface area contributed by atoms with Crippen LogP contribution in [0.1, 0.15) is 5.56 Å². The Bertz CT molecular complexity index is 4180. The predicted octanol–water partition coefficient (Wildman–Crippen LogP) is 22.5. The van der Waals surface area contributed by atoms with Gasteiger partial charge in [0.2, 0.25) is 0 Å². The highest BCUT2D eigenvalue weighted by Gasteiger charge is 2.34. The Morgan fingerprint density at radius 3 is 1.09 bits per heavy atom. The largest absolute Gasteiger partial charge is 0.133 e. The Balaban J connectivity index is 0.000000260. The van der Waals surface area contributed by atoms with Gasteiger partial charge in [-0.25, -0.2) is 0 Å². The first-order chi connectivity index (χ1) is 39.1. The van der Waals surface area contributed by atoms with Crippen LogP contribution in [-0.4, -0.2) is 0 Å². The molecule has 0 spiro atoms. The summed E-state index contributed by atoms with van der Waals surface area (Å²) in [7, 11) is -1.93. The summed E-state index contributed by atoms with van der Waals surface area (Å²) < 4.78 is 0. The molecule has 0 amide bonds. The highest BCUT2D eigenvalue weighted by molar-refractivity contribution is 8.34. The highest BCUT2D eigenvalue weighted by atomic mass is 32.3. The zero-order valence-electron chi connectivity index (χ0n) is 44.1. The van der Waals surface area contributed by atoms with Crippen molar-refractivity contribution in [2.45, 2.75) is 36.3 Å². The van der Waals surface area contributed by atoms with Crippen molar-refractivity contribution in [1.82, 2.24) is 0 Å². The second-order valence-corrected chi connectivity index (χ2v) is 23.9. The quantitative estimate of drug-likeness (QED) is 0.130. The van der Waals surface area contributed by atoms with Gasteiger partial charge in [-0.05, 0) is 174 Å². The van der Waals surface area contributed by atoms with Crippen molar-refractivity contribution < 1.29 is 0 Å². The number of aryl methyl sites for hydroxylation is 1. The Kier molecular flexibility index (Phi) is 15.1. The molecule has 2 heteroatoms. The maximum absolute atomic E-state index is 2.55. The van der Waals surface area contributed by atoms with E-state index in [0.717, 1.165) is 0 Å². The molecule has 14 aromatic carbocycles. The van der Waals surface area contributed by atoms with Gasteiger partial charge in [-0.1, -0.05) is 260 Å². The van der Waals surface area contributed by atoms with E-state index in [0.29, 0.717) is 0 Å². The Morgan fingerprint density at radius 1 is 0.228 bits per heavy atom. The molecule has 378 valence electrons. The van der Waals surface area contributed by atoms with Gasteiger partial charge in [0.15, 0.2) is 0 Å². The van der Waals surface area contributed by atoms with Gasteiger partial charge in [0, 0.05) is 29.4 Å². The minimum absolute atomic E-state index is 1.21. The van der Waals surface area contributed by atoms with Crippen LogP contribution in [0, 0.1) is 6.92 Å². The molecule has 0 radical (unpaired) electrons. The molecule has 0 bridgehead atoms. The van der Waals surface area contributed by atoms with E-state index in [9.17, 15) is 0 Å².